The van der Waals surface area contributed by atoms with Crippen LogP contribution in [0.2, 0.25) is 5.15 Å². The van der Waals surface area contributed by atoms with Crippen LogP contribution in [0.5, 0.6) is 0 Å². The van der Waals surface area contributed by atoms with Gasteiger partial charge in [0, 0.05) is 16.7 Å². The molecule has 1 aromatic heterocycles. The zero-order chi connectivity index (χ0) is 13.1. The summed E-state index contributed by atoms with van der Waals surface area (Å²) in [5.41, 5.74) is 0.353. The van der Waals surface area contributed by atoms with E-state index in [2.05, 4.69) is 26.2 Å². The van der Waals surface area contributed by atoms with Crippen molar-refractivity contribution in [3.63, 3.8) is 0 Å². The van der Waals surface area contributed by atoms with Gasteiger partial charge in [-0.1, -0.05) is 11.6 Å². The van der Waals surface area contributed by atoms with Gasteiger partial charge in [-0.2, -0.15) is 0 Å². The number of aliphatic hydroxyl groups is 1. The highest BCUT2D eigenvalue weighted by Crippen LogP contribution is 2.21. The third-order valence-electron chi connectivity index (χ3n) is 3.03. The van der Waals surface area contributed by atoms with Gasteiger partial charge in [0.25, 0.3) is 5.91 Å². The van der Waals surface area contributed by atoms with Crippen molar-refractivity contribution < 1.29 is 9.90 Å². The summed E-state index contributed by atoms with van der Waals surface area (Å²) in [6.07, 6.45) is 4.46. The summed E-state index contributed by atoms with van der Waals surface area (Å²) in [5, 5.41) is 12.6. The van der Waals surface area contributed by atoms with Gasteiger partial charge in [-0.15, -0.1) is 0 Å². The molecule has 2 N–H and O–H groups in total. The van der Waals surface area contributed by atoms with E-state index in [0.717, 1.165) is 19.3 Å². The maximum atomic E-state index is 12.1. The Morgan fingerprint density at radius 1 is 1.56 bits per heavy atom. The lowest BCUT2D eigenvalue weighted by atomic mass is 9.93. The number of hydrogen-bond acceptors (Lipinski definition) is 3. The van der Waals surface area contributed by atoms with E-state index in [0.29, 0.717) is 16.5 Å². The third-order valence-corrected chi connectivity index (χ3v) is 3.77. The minimum atomic E-state index is -0.319. The van der Waals surface area contributed by atoms with E-state index >= 15 is 0 Å². The molecular formula is C12H14BrClN2O2. The summed E-state index contributed by atoms with van der Waals surface area (Å²) in [6.45, 7) is 0. The van der Waals surface area contributed by atoms with Crippen LogP contribution in [0.15, 0.2) is 16.7 Å². The van der Waals surface area contributed by atoms with Crippen molar-refractivity contribution in [1.29, 1.82) is 0 Å². The molecule has 1 aliphatic carbocycles. The molecule has 6 heteroatoms. The Hall–Kier alpha value is -0.650. The van der Waals surface area contributed by atoms with E-state index in [9.17, 15) is 9.90 Å². The van der Waals surface area contributed by atoms with Crippen LogP contribution < -0.4 is 5.32 Å². The number of carbonyl (C=O) groups is 1. The number of pyridine rings is 1. The van der Waals surface area contributed by atoms with Crippen molar-refractivity contribution in [3.8, 4) is 0 Å². The smallest absolute Gasteiger partial charge is 0.254 e. The van der Waals surface area contributed by atoms with Gasteiger partial charge >= 0.3 is 0 Å². The Morgan fingerprint density at radius 3 is 3.06 bits per heavy atom. The molecule has 1 saturated carbocycles. The fraction of sp³-hybridized carbons (Fsp3) is 0.500. The summed E-state index contributed by atoms with van der Waals surface area (Å²) in [4.78, 5) is 16.0. The maximum absolute atomic E-state index is 12.1. The molecule has 0 radical (unpaired) electrons. The SMILES string of the molecule is O=C(NC1CCCC(O)C1)c1cc(Br)cnc1Cl. The van der Waals surface area contributed by atoms with Crippen molar-refractivity contribution in [2.75, 3.05) is 0 Å². The second-order valence-corrected chi connectivity index (χ2v) is 5.76. The first-order chi connectivity index (χ1) is 8.56. The average molecular weight is 334 g/mol. The topological polar surface area (TPSA) is 62.2 Å². The van der Waals surface area contributed by atoms with Crippen molar-refractivity contribution in [3.05, 3.63) is 27.5 Å². The predicted octanol–water partition coefficient (Wildman–Crippen LogP) is 2.53. The first-order valence-corrected chi connectivity index (χ1v) is 7.03. The molecule has 0 bridgehead atoms. The summed E-state index contributed by atoms with van der Waals surface area (Å²) < 4.78 is 0.709. The molecule has 1 heterocycles. The number of halogens is 2. The molecule has 98 valence electrons. The Morgan fingerprint density at radius 2 is 2.33 bits per heavy atom. The average Bonchev–Trinajstić information content (AvgIpc) is 2.32. The van der Waals surface area contributed by atoms with Crippen molar-refractivity contribution in [2.45, 2.75) is 37.8 Å². The molecule has 1 aliphatic rings. The molecule has 2 rings (SSSR count). The molecule has 0 aliphatic heterocycles. The Kier molecular flexibility index (Phi) is 4.59. The molecule has 1 amide bonds. The number of rotatable bonds is 2. The lowest BCUT2D eigenvalue weighted by Crippen LogP contribution is -2.39. The molecule has 2 unspecified atom stereocenters. The largest absolute Gasteiger partial charge is 0.393 e. The normalized spacial score (nSPS) is 23.7. The van der Waals surface area contributed by atoms with Gasteiger partial charge in [0.15, 0.2) is 0 Å². The Bertz CT molecular complexity index is 456. The van der Waals surface area contributed by atoms with Gasteiger partial charge in [0.2, 0.25) is 0 Å². The number of aromatic nitrogens is 1. The lowest BCUT2D eigenvalue weighted by molar-refractivity contribution is 0.0849. The Balaban J connectivity index is 2.05. The fourth-order valence-corrected chi connectivity index (χ4v) is 2.66. The third kappa shape index (κ3) is 3.43. The number of carbonyl (C=O) groups excluding carboxylic acids is 1. The second-order valence-electron chi connectivity index (χ2n) is 4.48. The van der Waals surface area contributed by atoms with Gasteiger partial charge in [-0.25, -0.2) is 4.98 Å². The van der Waals surface area contributed by atoms with E-state index < -0.39 is 0 Å². The van der Waals surface area contributed by atoms with Gasteiger partial charge in [-0.05, 0) is 47.7 Å². The van der Waals surface area contributed by atoms with E-state index in [1.54, 1.807) is 12.3 Å². The van der Waals surface area contributed by atoms with Crippen LogP contribution in [-0.4, -0.2) is 28.1 Å². The van der Waals surface area contributed by atoms with Crippen LogP contribution in [-0.2, 0) is 0 Å². The molecule has 0 saturated heterocycles. The number of nitrogens with one attached hydrogen (secondary N) is 1. The van der Waals surface area contributed by atoms with Gasteiger partial charge in [0.05, 0.1) is 11.7 Å². The van der Waals surface area contributed by atoms with Crippen LogP contribution in [0.3, 0.4) is 0 Å². The van der Waals surface area contributed by atoms with E-state index in [1.165, 1.54) is 0 Å². The van der Waals surface area contributed by atoms with Crippen LogP contribution in [0, 0.1) is 0 Å². The van der Waals surface area contributed by atoms with Crippen molar-refractivity contribution in [2.24, 2.45) is 0 Å². The highest BCUT2D eigenvalue weighted by atomic mass is 79.9. The first-order valence-electron chi connectivity index (χ1n) is 5.86. The molecule has 18 heavy (non-hydrogen) atoms. The predicted molar refractivity (Wildman–Crippen MR) is 72.7 cm³/mol. The minimum Gasteiger partial charge on any atom is -0.393 e. The zero-order valence-electron chi connectivity index (χ0n) is 9.70. The second kappa shape index (κ2) is 5.99. The fourth-order valence-electron chi connectivity index (χ4n) is 2.14. The first kappa shape index (κ1) is 13.8. The molecule has 0 aromatic carbocycles. The summed E-state index contributed by atoms with van der Waals surface area (Å²) in [7, 11) is 0. The summed E-state index contributed by atoms with van der Waals surface area (Å²) in [5.74, 6) is -0.243. The van der Waals surface area contributed by atoms with E-state index in [1.807, 2.05) is 0 Å². The highest BCUT2D eigenvalue weighted by molar-refractivity contribution is 9.10. The van der Waals surface area contributed by atoms with Crippen LogP contribution >= 0.6 is 27.5 Å². The van der Waals surface area contributed by atoms with E-state index in [-0.39, 0.29) is 23.2 Å². The van der Waals surface area contributed by atoms with Gasteiger partial charge in [-0.3, -0.25) is 4.79 Å². The summed E-state index contributed by atoms with van der Waals surface area (Å²) in [6, 6.07) is 1.65. The Labute approximate surface area is 119 Å². The number of amides is 1. The van der Waals surface area contributed by atoms with Gasteiger partial charge in [0.1, 0.15) is 5.15 Å². The van der Waals surface area contributed by atoms with Crippen molar-refractivity contribution in [1.82, 2.24) is 10.3 Å². The quantitative estimate of drug-likeness (QED) is 0.818. The van der Waals surface area contributed by atoms with Crippen LogP contribution in [0.1, 0.15) is 36.0 Å². The summed E-state index contributed by atoms with van der Waals surface area (Å²) >= 11 is 9.15. The molecule has 4 nitrogen and oxygen atoms in total. The minimum absolute atomic E-state index is 0.0105. The van der Waals surface area contributed by atoms with Crippen molar-refractivity contribution >= 4 is 33.4 Å². The number of nitrogens with zero attached hydrogens (tertiary/aromatic N) is 1. The molecular weight excluding hydrogens is 320 g/mol. The number of hydrogen-bond donors (Lipinski definition) is 2. The number of aliphatic hydroxyl groups excluding tert-OH is 1. The molecule has 0 spiro atoms. The zero-order valence-corrected chi connectivity index (χ0v) is 12.0. The standard InChI is InChI=1S/C12H14BrClN2O2/c13-7-4-10(11(14)15-6-7)12(18)16-8-2-1-3-9(17)5-8/h4,6,8-9,17H,1-3,5H2,(H,16,18). The lowest BCUT2D eigenvalue weighted by Gasteiger charge is -2.26. The monoisotopic (exact) mass is 332 g/mol. The molecule has 1 aromatic rings. The van der Waals surface area contributed by atoms with Crippen LogP contribution in [0.25, 0.3) is 0 Å². The highest BCUT2D eigenvalue weighted by Gasteiger charge is 2.23. The maximum Gasteiger partial charge on any atom is 0.254 e. The van der Waals surface area contributed by atoms with Gasteiger partial charge < -0.3 is 10.4 Å². The molecule has 1 fully saturated rings. The van der Waals surface area contributed by atoms with Crippen LogP contribution in [0.4, 0.5) is 0 Å². The van der Waals surface area contributed by atoms with E-state index in [4.69, 9.17) is 11.6 Å². The molecule has 2 atom stereocenters.